The predicted octanol–water partition coefficient (Wildman–Crippen LogP) is 0.215. The van der Waals surface area contributed by atoms with Crippen LogP contribution in [0.5, 0.6) is 0 Å². The van der Waals surface area contributed by atoms with Crippen LogP contribution in [0, 0.1) is 5.41 Å². The monoisotopic (exact) mass is 238 g/mol. The Labute approximate surface area is 97.7 Å². The number of nitrogens with one attached hydrogen (secondary N) is 2. The lowest BCUT2D eigenvalue weighted by Crippen LogP contribution is -2.39. The Kier molecular flexibility index (Phi) is 3.67. The number of carboxylic acids is 1. The highest BCUT2D eigenvalue weighted by Gasteiger charge is 2.27. The second-order valence-electron chi connectivity index (χ2n) is 4.31. The van der Waals surface area contributed by atoms with Crippen molar-refractivity contribution >= 4 is 11.9 Å². The minimum Gasteiger partial charge on any atom is -0.481 e. The van der Waals surface area contributed by atoms with Crippen LogP contribution in [-0.2, 0) is 4.79 Å². The molecule has 1 heterocycles. The molecule has 0 aliphatic heterocycles. The summed E-state index contributed by atoms with van der Waals surface area (Å²) in [6.07, 6.45) is 1.36. The first-order valence-electron chi connectivity index (χ1n) is 5.03. The van der Waals surface area contributed by atoms with E-state index in [0.717, 1.165) is 6.07 Å². The van der Waals surface area contributed by atoms with Gasteiger partial charge in [-0.2, -0.15) is 0 Å². The molecule has 0 aliphatic carbocycles. The Morgan fingerprint density at radius 3 is 2.65 bits per heavy atom. The second kappa shape index (κ2) is 4.82. The molecule has 17 heavy (non-hydrogen) atoms. The van der Waals surface area contributed by atoms with Crippen molar-refractivity contribution in [3.63, 3.8) is 0 Å². The predicted molar refractivity (Wildman–Crippen MR) is 60.8 cm³/mol. The summed E-state index contributed by atoms with van der Waals surface area (Å²) in [6.45, 7) is 3.01. The zero-order valence-electron chi connectivity index (χ0n) is 9.61. The van der Waals surface area contributed by atoms with E-state index in [1.807, 2.05) is 0 Å². The van der Waals surface area contributed by atoms with Gasteiger partial charge in [-0.1, -0.05) is 0 Å². The number of hydrogen-bond acceptors (Lipinski definition) is 3. The summed E-state index contributed by atoms with van der Waals surface area (Å²) >= 11 is 0. The maximum Gasteiger partial charge on any atom is 0.310 e. The smallest absolute Gasteiger partial charge is 0.310 e. The molecule has 0 aliphatic rings. The molecular formula is C11H14N2O4. The van der Waals surface area contributed by atoms with Crippen LogP contribution >= 0.6 is 0 Å². The molecule has 1 aromatic heterocycles. The van der Waals surface area contributed by atoms with Crippen molar-refractivity contribution in [3.8, 4) is 0 Å². The maximum absolute atomic E-state index is 11.6. The molecule has 92 valence electrons. The average molecular weight is 238 g/mol. The fraction of sp³-hybridized carbons (Fsp3) is 0.364. The Hall–Kier alpha value is -2.11. The zero-order chi connectivity index (χ0) is 13.1. The third-order valence-electron chi connectivity index (χ3n) is 2.31. The molecule has 3 N–H and O–H groups in total. The molecule has 0 bridgehead atoms. The first kappa shape index (κ1) is 13.0. The number of aromatic nitrogens is 1. The van der Waals surface area contributed by atoms with Crippen molar-refractivity contribution in [2.75, 3.05) is 6.54 Å². The van der Waals surface area contributed by atoms with Gasteiger partial charge in [0, 0.05) is 24.4 Å². The molecule has 1 amide bonds. The molecular weight excluding hydrogens is 224 g/mol. The molecule has 1 rings (SSSR count). The summed E-state index contributed by atoms with van der Waals surface area (Å²) in [5.74, 6) is -1.46. The number of carbonyl (C=O) groups excluding carboxylic acids is 1. The minimum absolute atomic E-state index is 0.00599. The van der Waals surface area contributed by atoms with E-state index in [1.54, 1.807) is 0 Å². The molecule has 6 heteroatoms. The van der Waals surface area contributed by atoms with Crippen LogP contribution in [0.25, 0.3) is 0 Å². The number of aromatic amines is 1. The van der Waals surface area contributed by atoms with E-state index < -0.39 is 17.3 Å². The fourth-order valence-corrected chi connectivity index (χ4v) is 1.06. The highest BCUT2D eigenvalue weighted by Crippen LogP contribution is 2.13. The van der Waals surface area contributed by atoms with Crippen LogP contribution in [0.15, 0.2) is 23.1 Å². The number of rotatable bonds is 4. The molecule has 0 saturated heterocycles. The van der Waals surface area contributed by atoms with Crippen LogP contribution in [0.2, 0.25) is 0 Å². The van der Waals surface area contributed by atoms with Gasteiger partial charge in [-0.25, -0.2) is 0 Å². The third kappa shape index (κ3) is 3.44. The van der Waals surface area contributed by atoms with Gasteiger partial charge in [-0.15, -0.1) is 0 Å². The number of carboxylic acid groups (broad SMARTS) is 1. The van der Waals surface area contributed by atoms with Gasteiger partial charge in [0.2, 0.25) is 5.56 Å². The Morgan fingerprint density at radius 2 is 2.12 bits per heavy atom. The van der Waals surface area contributed by atoms with Crippen molar-refractivity contribution in [1.29, 1.82) is 0 Å². The molecule has 6 nitrogen and oxygen atoms in total. The van der Waals surface area contributed by atoms with Gasteiger partial charge >= 0.3 is 5.97 Å². The van der Waals surface area contributed by atoms with Gasteiger partial charge in [0.25, 0.3) is 5.91 Å². The summed E-state index contributed by atoms with van der Waals surface area (Å²) < 4.78 is 0. The van der Waals surface area contributed by atoms with Gasteiger partial charge in [0.1, 0.15) is 0 Å². The molecule has 1 aromatic rings. The zero-order valence-corrected chi connectivity index (χ0v) is 9.61. The Morgan fingerprint density at radius 1 is 1.47 bits per heavy atom. The van der Waals surface area contributed by atoms with Crippen LogP contribution in [0.1, 0.15) is 24.2 Å². The van der Waals surface area contributed by atoms with Gasteiger partial charge in [-0.3, -0.25) is 14.4 Å². The van der Waals surface area contributed by atoms with Crippen molar-refractivity contribution in [3.05, 3.63) is 34.2 Å². The van der Waals surface area contributed by atoms with Crippen LogP contribution in [-0.4, -0.2) is 28.5 Å². The molecule has 0 radical (unpaired) electrons. The van der Waals surface area contributed by atoms with Crippen molar-refractivity contribution < 1.29 is 14.7 Å². The van der Waals surface area contributed by atoms with Gasteiger partial charge in [0.05, 0.1) is 5.41 Å². The largest absolute Gasteiger partial charge is 0.481 e. The summed E-state index contributed by atoms with van der Waals surface area (Å²) in [5, 5.41) is 11.3. The fourth-order valence-electron chi connectivity index (χ4n) is 1.06. The number of aliphatic carboxylic acids is 1. The van der Waals surface area contributed by atoms with E-state index in [4.69, 9.17) is 5.11 Å². The van der Waals surface area contributed by atoms with Crippen LogP contribution in [0.3, 0.4) is 0 Å². The normalized spacial score (nSPS) is 10.9. The van der Waals surface area contributed by atoms with E-state index in [-0.39, 0.29) is 17.7 Å². The van der Waals surface area contributed by atoms with E-state index in [0.29, 0.717) is 0 Å². The average Bonchev–Trinajstić information content (AvgIpc) is 2.25. The van der Waals surface area contributed by atoms with E-state index in [9.17, 15) is 14.4 Å². The first-order valence-corrected chi connectivity index (χ1v) is 5.03. The number of amides is 1. The Balaban J connectivity index is 2.69. The molecule has 0 unspecified atom stereocenters. The summed E-state index contributed by atoms with van der Waals surface area (Å²) in [6, 6.07) is 2.60. The molecule has 0 saturated carbocycles. The summed E-state index contributed by atoms with van der Waals surface area (Å²) in [4.78, 5) is 35.8. The lowest BCUT2D eigenvalue weighted by atomic mass is 9.94. The molecule has 0 atom stereocenters. The van der Waals surface area contributed by atoms with Crippen molar-refractivity contribution in [2.24, 2.45) is 5.41 Å². The maximum atomic E-state index is 11.6. The lowest BCUT2D eigenvalue weighted by molar-refractivity contribution is -0.146. The van der Waals surface area contributed by atoms with Crippen molar-refractivity contribution in [2.45, 2.75) is 13.8 Å². The number of pyridine rings is 1. The highest BCUT2D eigenvalue weighted by atomic mass is 16.4. The minimum atomic E-state index is -1.04. The third-order valence-corrected chi connectivity index (χ3v) is 2.31. The number of hydrogen-bond donors (Lipinski definition) is 3. The molecule has 0 aromatic carbocycles. The van der Waals surface area contributed by atoms with E-state index in [1.165, 1.54) is 26.1 Å². The van der Waals surface area contributed by atoms with Crippen LogP contribution in [0.4, 0.5) is 0 Å². The van der Waals surface area contributed by atoms with E-state index in [2.05, 4.69) is 10.3 Å². The standard InChI is InChI=1S/C11H14N2O4/c1-11(2,10(16)17)6-13-9(15)7-3-4-12-8(14)5-7/h3-5H,6H2,1-2H3,(H,12,14)(H,13,15)(H,16,17). The first-order chi connectivity index (χ1) is 7.83. The topological polar surface area (TPSA) is 99.3 Å². The Bertz CT molecular complexity index is 490. The van der Waals surface area contributed by atoms with Gasteiger partial charge in [0.15, 0.2) is 0 Å². The molecule has 0 spiro atoms. The van der Waals surface area contributed by atoms with Gasteiger partial charge in [-0.05, 0) is 19.9 Å². The quantitative estimate of drug-likeness (QED) is 0.698. The summed E-state index contributed by atoms with van der Waals surface area (Å²) in [7, 11) is 0. The second-order valence-corrected chi connectivity index (χ2v) is 4.31. The highest BCUT2D eigenvalue weighted by molar-refractivity contribution is 5.94. The number of H-pyrrole nitrogens is 1. The van der Waals surface area contributed by atoms with Crippen molar-refractivity contribution in [1.82, 2.24) is 10.3 Å². The lowest BCUT2D eigenvalue weighted by Gasteiger charge is -2.19. The van der Waals surface area contributed by atoms with Gasteiger partial charge < -0.3 is 15.4 Å². The summed E-state index contributed by atoms with van der Waals surface area (Å²) in [5.41, 5.74) is -1.22. The molecule has 0 fully saturated rings. The SMILES string of the molecule is CC(C)(CNC(=O)c1cc[nH]c(=O)c1)C(=O)O. The van der Waals surface area contributed by atoms with Crippen LogP contribution < -0.4 is 10.9 Å². The van der Waals surface area contributed by atoms with E-state index >= 15 is 0 Å². The number of carbonyl (C=O) groups is 2.